The Bertz CT molecular complexity index is 747. The summed E-state index contributed by atoms with van der Waals surface area (Å²) >= 11 is 0. The zero-order valence-corrected chi connectivity index (χ0v) is 17.5. The fourth-order valence-corrected chi connectivity index (χ4v) is 7.24. The molecule has 146 valence electrons. The molecule has 1 saturated heterocycles. The molecule has 0 aliphatic carbocycles. The zero-order valence-electron chi connectivity index (χ0n) is 16.7. The van der Waals surface area contributed by atoms with Gasteiger partial charge < -0.3 is 0 Å². The van der Waals surface area contributed by atoms with E-state index in [0.29, 0.717) is 0 Å². The Morgan fingerprint density at radius 2 is 1.62 bits per heavy atom. The summed E-state index contributed by atoms with van der Waals surface area (Å²) in [5.74, 6) is -0.170. The van der Waals surface area contributed by atoms with Crippen LogP contribution in [0.3, 0.4) is 0 Å². The van der Waals surface area contributed by atoms with Crippen molar-refractivity contribution in [2.24, 2.45) is 5.41 Å². The van der Waals surface area contributed by atoms with Gasteiger partial charge in [0, 0.05) is 0 Å². The first-order valence-corrected chi connectivity index (χ1v) is 10.3. The summed E-state index contributed by atoms with van der Waals surface area (Å²) in [5.41, 5.74) is -1.19. The number of fused-ring (bicyclic) bond motifs is 3. The molecule has 2 unspecified atom stereocenters. The van der Waals surface area contributed by atoms with Crippen molar-refractivity contribution < 1.29 is 27.4 Å². The fraction of sp³-hybridized carbons (Fsp3) is 0.611. The molecule has 1 aromatic rings. The van der Waals surface area contributed by atoms with Gasteiger partial charge in [0.15, 0.2) is 0 Å². The van der Waals surface area contributed by atoms with Crippen LogP contribution in [0.1, 0.15) is 40.2 Å². The van der Waals surface area contributed by atoms with E-state index in [1.165, 1.54) is 28.3 Å². The molecule has 1 amide bonds. The molecule has 2 aliphatic rings. The molecule has 8 heteroatoms. The van der Waals surface area contributed by atoms with Crippen LogP contribution < -0.4 is 4.90 Å². The summed E-state index contributed by atoms with van der Waals surface area (Å²) in [6, 6.07) is 7.64. The Kier molecular flexibility index (Phi) is 4.14. The third-order valence-corrected chi connectivity index (χ3v) is 8.50. The molecule has 0 bridgehead atoms. The molecule has 1 aromatic carbocycles. The van der Waals surface area contributed by atoms with Crippen molar-refractivity contribution in [3.63, 3.8) is 0 Å². The maximum atomic E-state index is 12.7. The summed E-state index contributed by atoms with van der Waals surface area (Å²) in [6.07, 6.45) is 0. The van der Waals surface area contributed by atoms with Gasteiger partial charge in [0.05, 0.1) is 0 Å². The summed E-state index contributed by atoms with van der Waals surface area (Å²) in [4.78, 5) is 14.3. The fourth-order valence-electron chi connectivity index (χ4n) is 4.53. The molecule has 0 aromatic heterocycles. The van der Waals surface area contributed by atoms with Crippen LogP contribution in [0.4, 0.5) is 5.69 Å². The van der Waals surface area contributed by atoms with E-state index in [1.807, 2.05) is 52.0 Å². The third-order valence-electron chi connectivity index (χ3n) is 5.48. The van der Waals surface area contributed by atoms with Crippen LogP contribution in [-0.4, -0.2) is 33.0 Å². The first-order valence-electron chi connectivity index (χ1n) is 8.50. The Morgan fingerprint density at radius 3 is 2.08 bits per heavy atom. The van der Waals surface area contributed by atoms with E-state index in [4.69, 9.17) is 22.6 Å². The van der Waals surface area contributed by atoms with Gasteiger partial charge in [-0.05, 0) is 0 Å². The van der Waals surface area contributed by atoms with Gasteiger partial charge in [0.1, 0.15) is 0 Å². The molecule has 2 heterocycles. The van der Waals surface area contributed by atoms with Crippen molar-refractivity contribution in [1.29, 1.82) is 0 Å². The molecule has 0 spiro atoms. The number of hydrogen-bond acceptors (Lipinski definition) is 6. The second-order valence-electron chi connectivity index (χ2n) is 7.76. The van der Waals surface area contributed by atoms with Crippen LogP contribution in [0.2, 0.25) is 0 Å². The standard InChI is InChI=1S/C18H28NO6P/c1-13(20)19-15-12-10-9-11-14(15)18(16(2,3)4)17(19,5)24-26(21-6,22-7,23-8)25-18/h9-12H,1-8H3. The van der Waals surface area contributed by atoms with E-state index >= 15 is 0 Å². The minimum atomic E-state index is -4.40. The van der Waals surface area contributed by atoms with E-state index < -0.39 is 24.5 Å². The molecule has 7 nitrogen and oxygen atoms in total. The van der Waals surface area contributed by atoms with Gasteiger partial charge in [0.25, 0.3) is 0 Å². The monoisotopic (exact) mass is 385 g/mol. The molecule has 0 radical (unpaired) electrons. The number of anilines is 1. The van der Waals surface area contributed by atoms with Gasteiger partial charge >= 0.3 is 154 Å². The van der Waals surface area contributed by atoms with E-state index in [-0.39, 0.29) is 5.91 Å². The maximum absolute atomic E-state index is 12.7. The normalized spacial score (nSPS) is 33.2. The average Bonchev–Trinajstić information content (AvgIpc) is 2.95. The summed E-state index contributed by atoms with van der Waals surface area (Å²) < 4.78 is 30.0. The van der Waals surface area contributed by atoms with Crippen molar-refractivity contribution in [2.75, 3.05) is 26.2 Å². The summed E-state index contributed by atoms with van der Waals surface area (Å²) in [5, 5.41) is 0. The molecule has 2 atom stereocenters. The molecular formula is C18H28NO6P. The molecule has 0 saturated carbocycles. The molecule has 1 fully saturated rings. The van der Waals surface area contributed by atoms with E-state index in [0.717, 1.165) is 11.3 Å². The minimum absolute atomic E-state index is 0.170. The number of rotatable bonds is 3. The quantitative estimate of drug-likeness (QED) is 0.729. The Hall–Kier alpha value is -1.08. The topological polar surface area (TPSA) is 66.5 Å². The third kappa shape index (κ3) is 2.02. The van der Waals surface area contributed by atoms with Crippen molar-refractivity contribution in [3.8, 4) is 0 Å². The number of amides is 1. The van der Waals surface area contributed by atoms with Crippen LogP contribution in [-0.2, 0) is 33.0 Å². The van der Waals surface area contributed by atoms with Crippen LogP contribution in [0, 0.1) is 5.41 Å². The number of benzene rings is 1. The van der Waals surface area contributed by atoms with Gasteiger partial charge in [-0.2, -0.15) is 0 Å². The number of carbonyl (C=O) groups excluding carboxylic acids is 1. The van der Waals surface area contributed by atoms with Crippen LogP contribution in [0.25, 0.3) is 0 Å². The van der Waals surface area contributed by atoms with Gasteiger partial charge in [0.2, 0.25) is 0 Å². The predicted octanol–water partition coefficient (Wildman–Crippen LogP) is 4.13. The number of para-hydroxylation sites is 1. The SMILES string of the molecule is COP1(OC)(OC)OC2(C)N(C(C)=O)c3ccccc3C2(C(C)(C)C)O1. The van der Waals surface area contributed by atoms with Crippen molar-refractivity contribution in [2.45, 2.75) is 45.9 Å². The second-order valence-corrected chi connectivity index (χ2v) is 10.7. The molecule has 3 rings (SSSR count). The van der Waals surface area contributed by atoms with Crippen LogP contribution in [0.15, 0.2) is 24.3 Å². The van der Waals surface area contributed by atoms with Gasteiger partial charge in [-0.1, -0.05) is 0 Å². The van der Waals surface area contributed by atoms with E-state index in [1.54, 1.807) is 4.90 Å². The van der Waals surface area contributed by atoms with Gasteiger partial charge in [-0.15, -0.1) is 0 Å². The van der Waals surface area contributed by atoms with Crippen LogP contribution in [0.5, 0.6) is 0 Å². The van der Waals surface area contributed by atoms with Gasteiger partial charge in [-0.3, -0.25) is 0 Å². The first kappa shape index (κ1) is 19.7. The van der Waals surface area contributed by atoms with E-state index in [9.17, 15) is 4.79 Å². The number of hydrogen-bond donors (Lipinski definition) is 0. The molecule has 0 N–H and O–H groups in total. The number of carbonyl (C=O) groups is 1. The molecule has 2 aliphatic heterocycles. The van der Waals surface area contributed by atoms with E-state index in [2.05, 4.69) is 0 Å². The summed E-state index contributed by atoms with van der Waals surface area (Å²) in [6.45, 7) is 9.43. The first-order chi connectivity index (χ1) is 12.0. The predicted molar refractivity (Wildman–Crippen MR) is 99.3 cm³/mol. The Balaban J connectivity index is 2.43. The summed E-state index contributed by atoms with van der Waals surface area (Å²) in [7, 11) is -0.120. The Labute approximate surface area is 154 Å². The van der Waals surface area contributed by atoms with Crippen molar-refractivity contribution in [1.82, 2.24) is 0 Å². The molecule has 26 heavy (non-hydrogen) atoms. The second kappa shape index (κ2) is 5.47. The Morgan fingerprint density at radius 1 is 1.08 bits per heavy atom. The van der Waals surface area contributed by atoms with Gasteiger partial charge in [-0.25, -0.2) is 0 Å². The van der Waals surface area contributed by atoms with Crippen molar-refractivity contribution in [3.05, 3.63) is 29.8 Å². The van der Waals surface area contributed by atoms with Crippen molar-refractivity contribution >= 4 is 19.3 Å². The zero-order chi connectivity index (χ0) is 19.6. The average molecular weight is 385 g/mol. The number of nitrogens with zero attached hydrogens (tertiary/aromatic N) is 1. The molecular weight excluding hydrogens is 357 g/mol. The van der Waals surface area contributed by atoms with Crippen LogP contribution >= 0.6 is 7.74 Å².